The summed E-state index contributed by atoms with van der Waals surface area (Å²) in [4.78, 5) is 32.8. The predicted molar refractivity (Wildman–Crippen MR) is 152 cm³/mol. The van der Waals surface area contributed by atoms with Crippen LogP contribution in [0.1, 0.15) is 59.8 Å². The van der Waals surface area contributed by atoms with Crippen LogP contribution in [0.15, 0.2) is 59.5 Å². The second kappa shape index (κ2) is 10.4. The van der Waals surface area contributed by atoms with E-state index in [0.717, 1.165) is 59.4 Å². The van der Waals surface area contributed by atoms with Gasteiger partial charge in [-0.25, -0.2) is 18.2 Å². The average molecular weight is 547 g/mol. The topological polar surface area (TPSA) is 108 Å². The van der Waals surface area contributed by atoms with Crippen molar-refractivity contribution in [3.05, 3.63) is 77.0 Å². The van der Waals surface area contributed by atoms with Gasteiger partial charge < -0.3 is 10.6 Å². The Morgan fingerprint density at radius 2 is 1.72 bits per heavy atom. The molecule has 1 saturated carbocycles. The van der Waals surface area contributed by atoms with E-state index in [1.165, 1.54) is 6.26 Å². The minimum atomic E-state index is -3.27. The van der Waals surface area contributed by atoms with E-state index in [0.29, 0.717) is 25.2 Å². The first kappa shape index (κ1) is 26.9. The number of nitrogens with zero attached hydrogens (tertiary/aromatic N) is 2. The van der Waals surface area contributed by atoms with Crippen LogP contribution in [0, 0.1) is 6.92 Å². The molecule has 39 heavy (non-hydrogen) atoms. The standard InChI is InChI=1S/C30H34N4O4S/c1-4-31-28(35)22-9-12-24(20(2)17-22)25-13-14-26-27(33-25)30(15-5-6-16-30)19-34(26)29(36)32-18-21-7-10-23(11-8-21)39(3,37)38/h7-14,17H,4-6,15-16,18-19H2,1-3H3,(H,31,35)(H,32,36). The van der Waals surface area contributed by atoms with E-state index in [4.69, 9.17) is 4.98 Å². The summed E-state index contributed by atoms with van der Waals surface area (Å²) < 4.78 is 23.4. The van der Waals surface area contributed by atoms with E-state index in [2.05, 4.69) is 10.6 Å². The Hall–Kier alpha value is -3.72. The summed E-state index contributed by atoms with van der Waals surface area (Å²) in [5.74, 6) is -0.0908. The molecule has 2 N–H and O–H groups in total. The van der Waals surface area contributed by atoms with Gasteiger partial charge in [0.05, 0.1) is 22.0 Å². The first-order chi connectivity index (χ1) is 18.6. The number of hydrogen-bond donors (Lipinski definition) is 2. The maximum absolute atomic E-state index is 13.4. The number of carbonyl (C=O) groups is 2. The molecule has 2 aromatic carbocycles. The van der Waals surface area contributed by atoms with Crippen LogP contribution in [0.4, 0.5) is 10.5 Å². The molecule has 1 spiro atoms. The largest absolute Gasteiger partial charge is 0.352 e. The highest BCUT2D eigenvalue weighted by atomic mass is 32.2. The maximum atomic E-state index is 13.4. The van der Waals surface area contributed by atoms with Crippen molar-refractivity contribution in [2.24, 2.45) is 0 Å². The fraction of sp³-hybridized carbons (Fsp3) is 0.367. The lowest BCUT2D eigenvalue weighted by Crippen LogP contribution is -2.41. The van der Waals surface area contributed by atoms with Crippen LogP contribution in [-0.4, -0.2) is 44.7 Å². The van der Waals surface area contributed by atoms with E-state index >= 15 is 0 Å². The number of benzene rings is 2. The first-order valence-electron chi connectivity index (χ1n) is 13.4. The number of amides is 3. The molecular formula is C30H34N4O4S. The lowest BCUT2D eigenvalue weighted by atomic mass is 9.84. The van der Waals surface area contributed by atoms with Gasteiger partial charge in [-0.2, -0.15) is 0 Å². The van der Waals surface area contributed by atoms with Gasteiger partial charge in [0.25, 0.3) is 5.91 Å². The van der Waals surface area contributed by atoms with Gasteiger partial charge in [-0.15, -0.1) is 0 Å². The highest BCUT2D eigenvalue weighted by Gasteiger charge is 2.47. The lowest BCUT2D eigenvalue weighted by Gasteiger charge is -2.24. The second-order valence-corrected chi connectivity index (χ2v) is 12.6. The Kier molecular flexibility index (Phi) is 7.20. The summed E-state index contributed by atoms with van der Waals surface area (Å²) in [6.07, 6.45) is 5.36. The number of rotatable bonds is 6. The molecule has 9 heteroatoms. The van der Waals surface area contributed by atoms with Crippen LogP contribution in [0.2, 0.25) is 0 Å². The Morgan fingerprint density at radius 3 is 2.36 bits per heavy atom. The molecule has 1 aliphatic carbocycles. The van der Waals surface area contributed by atoms with Crippen LogP contribution in [0.25, 0.3) is 11.3 Å². The molecule has 3 aromatic rings. The van der Waals surface area contributed by atoms with Crippen molar-refractivity contribution in [2.45, 2.75) is 56.4 Å². The Bertz CT molecular complexity index is 1530. The molecule has 5 rings (SSSR count). The number of urea groups is 1. The summed E-state index contributed by atoms with van der Waals surface area (Å²) in [6.45, 7) is 5.35. The summed E-state index contributed by atoms with van der Waals surface area (Å²) in [5.41, 5.74) is 5.88. The Balaban J connectivity index is 1.39. The van der Waals surface area contributed by atoms with Crippen molar-refractivity contribution in [1.82, 2.24) is 15.6 Å². The van der Waals surface area contributed by atoms with E-state index < -0.39 is 9.84 Å². The second-order valence-electron chi connectivity index (χ2n) is 10.6. The number of aromatic nitrogens is 1. The lowest BCUT2D eigenvalue weighted by molar-refractivity contribution is 0.0955. The van der Waals surface area contributed by atoms with E-state index in [-0.39, 0.29) is 22.2 Å². The van der Waals surface area contributed by atoms with Gasteiger partial charge in [-0.1, -0.05) is 31.0 Å². The summed E-state index contributed by atoms with van der Waals surface area (Å²) in [7, 11) is -3.27. The van der Waals surface area contributed by atoms with Crippen molar-refractivity contribution < 1.29 is 18.0 Å². The fourth-order valence-corrected chi connectivity index (χ4v) is 6.41. The average Bonchev–Trinajstić information content (AvgIpc) is 3.52. The molecule has 0 atom stereocenters. The number of nitrogens with one attached hydrogen (secondary N) is 2. The number of carbonyl (C=O) groups excluding carboxylic acids is 2. The third kappa shape index (κ3) is 5.28. The molecule has 3 amide bonds. The normalized spacial score (nSPS) is 15.8. The van der Waals surface area contributed by atoms with E-state index in [9.17, 15) is 18.0 Å². The van der Waals surface area contributed by atoms with Gasteiger partial charge in [0, 0.05) is 42.4 Å². The molecule has 0 unspecified atom stereocenters. The molecule has 1 aliphatic heterocycles. The number of fused-ring (bicyclic) bond motifs is 2. The molecule has 204 valence electrons. The van der Waals surface area contributed by atoms with Crippen LogP contribution >= 0.6 is 0 Å². The van der Waals surface area contributed by atoms with Gasteiger partial charge in [0.2, 0.25) is 0 Å². The molecule has 2 aliphatic rings. The summed E-state index contributed by atoms with van der Waals surface area (Å²) in [5, 5.41) is 5.84. The quantitative estimate of drug-likeness (QED) is 0.464. The smallest absolute Gasteiger partial charge is 0.322 e. The molecule has 1 aromatic heterocycles. The first-order valence-corrected chi connectivity index (χ1v) is 15.3. The van der Waals surface area contributed by atoms with Crippen molar-refractivity contribution in [3.63, 3.8) is 0 Å². The van der Waals surface area contributed by atoms with Gasteiger partial charge in [-0.3, -0.25) is 9.69 Å². The molecule has 1 fully saturated rings. The van der Waals surface area contributed by atoms with Crippen molar-refractivity contribution in [3.8, 4) is 11.3 Å². The number of anilines is 1. The molecule has 0 bridgehead atoms. The predicted octanol–water partition coefficient (Wildman–Crippen LogP) is 4.75. The van der Waals surface area contributed by atoms with Gasteiger partial charge in [0.1, 0.15) is 0 Å². The van der Waals surface area contributed by atoms with Crippen LogP contribution in [0.3, 0.4) is 0 Å². The fourth-order valence-electron chi connectivity index (χ4n) is 5.78. The zero-order valence-electron chi connectivity index (χ0n) is 22.6. The Morgan fingerprint density at radius 1 is 1.00 bits per heavy atom. The van der Waals surface area contributed by atoms with Crippen molar-refractivity contribution in [2.75, 3.05) is 24.2 Å². The monoisotopic (exact) mass is 546 g/mol. The summed E-state index contributed by atoms with van der Waals surface area (Å²) in [6, 6.07) is 16.0. The van der Waals surface area contributed by atoms with Crippen LogP contribution in [-0.2, 0) is 21.8 Å². The van der Waals surface area contributed by atoms with Crippen LogP contribution in [0.5, 0.6) is 0 Å². The van der Waals surface area contributed by atoms with Gasteiger partial charge in [-0.05, 0) is 74.2 Å². The third-order valence-electron chi connectivity index (χ3n) is 7.83. The van der Waals surface area contributed by atoms with Crippen LogP contribution < -0.4 is 15.5 Å². The Labute approximate surface area is 229 Å². The van der Waals surface area contributed by atoms with E-state index in [1.54, 1.807) is 29.2 Å². The van der Waals surface area contributed by atoms with Gasteiger partial charge >= 0.3 is 6.03 Å². The van der Waals surface area contributed by atoms with Crippen molar-refractivity contribution in [1.29, 1.82) is 0 Å². The SMILES string of the molecule is CCNC(=O)c1ccc(-c2ccc3c(n2)C2(CCCC2)CN3C(=O)NCc2ccc(S(C)(=O)=O)cc2)c(C)c1. The zero-order valence-corrected chi connectivity index (χ0v) is 23.4. The number of aryl methyl sites for hydroxylation is 1. The van der Waals surface area contributed by atoms with Crippen molar-refractivity contribution >= 4 is 27.5 Å². The molecular weight excluding hydrogens is 512 g/mol. The number of pyridine rings is 1. The molecule has 8 nitrogen and oxygen atoms in total. The minimum Gasteiger partial charge on any atom is -0.352 e. The number of sulfone groups is 1. The third-order valence-corrected chi connectivity index (χ3v) is 8.96. The minimum absolute atomic E-state index is 0.0908. The van der Waals surface area contributed by atoms with E-state index in [1.807, 2.05) is 44.2 Å². The summed E-state index contributed by atoms with van der Waals surface area (Å²) >= 11 is 0. The molecule has 2 heterocycles. The molecule has 0 saturated heterocycles. The maximum Gasteiger partial charge on any atom is 0.322 e. The highest BCUT2D eigenvalue weighted by molar-refractivity contribution is 7.90. The highest BCUT2D eigenvalue weighted by Crippen LogP contribution is 2.50. The molecule has 0 radical (unpaired) electrons. The van der Waals surface area contributed by atoms with Gasteiger partial charge in [0.15, 0.2) is 9.84 Å². The number of hydrogen-bond acceptors (Lipinski definition) is 5. The zero-order chi connectivity index (χ0) is 27.8.